The van der Waals surface area contributed by atoms with Crippen LogP contribution < -0.4 is 0 Å². The highest BCUT2D eigenvalue weighted by atomic mass is 79.9. The number of rotatable bonds is 3. The Balaban J connectivity index is 1.74. The molecule has 1 aromatic rings. The van der Waals surface area contributed by atoms with E-state index in [9.17, 15) is 4.79 Å². The summed E-state index contributed by atoms with van der Waals surface area (Å²) >= 11 is 5.19. The number of methoxy groups -OCH3 is 1. The van der Waals surface area contributed by atoms with E-state index >= 15 is 0 Å². The van der Waals surface area contributed by atoms with Gasteiger partial charge in [-0.1, -0.05) is 6.92 Å². The quantitative estimate of drug-likeness (QED) is 0.690. The van der Waals surface area contributed by atoms with Crippen LogP contribution in [0.2, 0.25) is 0 Å². The molecule has 2 aliphatic rings. The third kappa shape index (κ3) is 3.23. The van der Waals surface area contributed by atoms with Gasteiger partial charge in [0.2, 0.25) is 0 Å². The number of esters is 1. The summed E-state index contributed by atoms with van der Waals surface area (Å²) < 4.78 is 17.4. The molecule has 1 spiro atoms. The number of thiophene rings is 1. The van der Waals surface area contributed by atoms with Crippen LogP contribution in [0.25, 0.3) is 0 Å². The fourth-order valence-corrected chi connectivity index (χ4v) is 5.99. The smallest absolute Gasteiger partial charge is 0.340 e. The predicted molar refractivity (Wildman–Crippen MR) is 93.1 cm³/mol. The van der Waals surface area contributed by atoms with Gasteiger partial charge in [0.1, 0.15) is 0 Å². The molecule has 1 aliphatic carbocycles. The average molecular weight is 403 g/mol. The topological polar surface area (TPSA) is 44.8 Å². The Labute approximate surface area is 149 Å². The van der Waals surface area contributed by atoms with Crippen LogP contribution in [-0.4, -0.2) is 32.1 Å². The first-order valence-corrected chi connectivity index (χ1v) is 9.73. The molecule has 3 rings (SSSR count). The van der Waals surface area contributed by atoms with Crippen molar-refractivity contribution in [2.45, 2.75) is 51.2 Å². The molecule has 0 amide bonds. The van der Waals surface area contributed by atoms with E-state index in [-0.39, 0.29) is 11.8 Å². The lowest BCUT2D eigenvalue weighted by atomic mass is 9.77. The van der Waals surface area contributed by atoms with Crippen molar-refractivity contribution in [3.05, 3.63) is 19.8 Å². The third-order valence-corrected chi connectivity index (χ3v) is 7.42. The van der Waals surface area contributed by atoms with Gasteiger partial charge in [-0.15, -0.1) is 11.3 Å². The first kappa shape index (κ1) is 17.4. The number of hydrogen-bond donors (Lipinski definition) is 0. The van der Waals surface area contributed by atoms with Crippen molar-refractivity contribution in [1.29, 1.82) is 0 Å². The second-order valence-corrected chi connectivity index (χ2v) is 8.84. The van der Waals surface area contributed by atoms with Crippen molar-refractivity contribution in [1.82, 2.24) is 0 Å². The lowest BCUT2D eigenvalue weighted by Crippen LogP contribution is -2.36. The zero-order chi connectivity index (χ0) is 16.6. The van der Waals surface area contributed by atoms with Crippen molar-refractivity contribution >= 4 is 33.2 Å². The van der Waals surface area contributed by atoms with E-state index in [1.807, 2.05) is 6.92 Å². The van der Waals surface area contributed by atoms with E-state index in [1.54, 1.807) is 11.3 Å². The first-order valence-electron chi connectivity index (χ1n) is 8.12. The highest BCUT2D eigenvalue weighted by molar-refractivity contribution is 9.11. The molecule has 4 nitrogen and oxygen atoms in total. The summed E-state index contributed by atoms with van der Waals surface area (Å²) in [6.45, 7) is 5.73. The molecular weight excluding hydrogens is 380 g/mol. The molecule has 1 saturated carbocycles. The van der Waals surface area contributed by atoms with E-state index in [2.05, 4.69) is 22.9 Å². The number of hydrogen-bond acceptors (Lipinski definition) is 5. The molecule has 6 heteroatoms. The maximum Gasteiger partial charge on any atom is 0.340 e. The molecule has 23 heavy (non-hydrogen) atoms. The fraction of sp³-hybridized carbons (Fsp3) is 0.706. The number of ether oxygens (including phenoxy) is 3. The molecule has 2 heterocycles. The largest absolute Gasteiger partial charge is 0.465 e. The van der Waals surface area contributed by atoms with Gasteiger partial charge in [0.05, 0.1) is 29.7 Å². The van der Waals surface area contributed by atoms with Crippen molar-refractivity contribution in [2.24, 2.45) is 5.92 Å². The van der Waals surface area contributed by atoms with Gasteiger partial charge in [-0.2, -0.15) is 0 Å². The Bertz CT molecular complexity index is 582. The van der Waals surface area contributed by atoms with Gasteiger partial charge in [0.15, 0.2) is 5.79 Å². The summed E-state index contributed by atoms with van der Waals surface area (Å²) in [6.07, 6.45) is 4.14. The lowest BCUT2D eigenvalue weighted by molar-refractivity contribution is -0.183. The minimum Gasteiger partial charge on any atom is -0.465 e. The van der Waals surface area contributed by atoms with Crippen LogP contribution in [-0.2, 0) is 14.2 Å². The van der Waals surface area contributed by atoms with Crippen molar-refractivity contribution in [2.75, 3.05) is 20.3 Å². The average Bonchev–Trinajstić information content (AvgIpc) is 3.12. The van der Waals surface area contributed by atoms with E-state index < -0.39 is 0 Å². The maximum absolute atomic E-state index is 12.0. The van der Waals surface area contributed by atoms with Crippen LogP contribution in [0, 0.1) is 12.8 Å². The standard InChI is InChI=1S/C17H23BrO4S/c1-10(12-4-6-17(7-5-12)21-8-9-22-17)14-11(2)13(15(18)23-14)16(19)20-3/h10,12H,4-9H2,1-3H3. The summed E-state index contributed by atoms with van der Waals surface area (Å²) in [6, 6.07) is 0. The van der Waals surface area contributed by atoms with Gasteiger partial charge < -0.3 is 14.2 Å². The summed E-state index contributed by atoms with van der Waals surface area (Å²) in [7, 11) is 1.43. The number of halogens is 1. The first-order chi connectivity index (χ1) is 11.0. The molecule has 0 aromatic carbocycles. The molecule has 0 N–H and O–H groups in total. The van der Waals surface area contributed by atoms with E-state index in [0.29, 0.717) is 17.4 Å². The SMILES string of the molecule is COC(=O)c1c(Br)sc(C(C)C2CCC3(CC2)OCCO3)c1C. The van der Waals surface area contributed by atoms with Crippen LogP contribution in [0.4, 0.5) is 0 Å². The summed E-state index contributed by atoms with van der Waals surface area (Å²) in [5, 5.41) is 0. The van der Waals surface area contributed by atoms with Crippen molar-refractivity contribution in [3.63, 3.8) is 0 Å². The number of carbonyl (C=O) groups is 1. The Morgan fingerprint density at radius 2 is 1.96 bits per heavy atom. The molecule has 1 aromatic heterocycles. The summed E-state index contributed by atoms with van der Waals surface area (Å²) in [4.78, 5) is 13.2. The minimum atomic E-state index is -0.307. The highest BCUT2D eigenvalue weighted by Crippen LogP contribution is 2.47. The molecule has 1 atom stereocenters. The van der Waals surface area contributed by atoms with Crippen molar-refractivity contribution < 1.29 is 19.0 Å². The Morgan fingerprint density at radius 1 is 1.35 bits per heavy atom. The lowest BCUT2D eigenvalue weighted by Gasteiger charge is -2.37. The van der Waals surface area contributed by atoms with Gasteiger partial charge in [0, 0.05) is 17.7 Å². The Kier molecular flexibility index (Phi) is 5.16. The van der Waals surface area contributed by atoms with Crippen LogP contribution >= 0.6 is 27.3 Å². The van der Waals surface area contributed by atoms with Crippen LogP contribution in [0.5, 0.6) is 0 Å². The van der Waals surface area contributed by atoms with Crippen LogP contribution in [0.3, 0.4) is 0 Å². The predicted octanol–water partition coefficient (Wildman–Crippen LogP) is 4.64. The summed E-state index contributed by atoms with van der Waals surface area (Å²) in [5.74, 6) is 0.453. The van der Waals surface area contributed by atoms with Gasteiger partial charge in [0.25, 0.3) is 0 Å². The Hall–Kier alpha value is -0.430. The van der Waals surface area contributed by atoms with Gasteiger partial charge >= 0.3 is 5.97 Å². The molecule has 2 fully saturated rings. The normalized spacial score (nSPS) is 22.4. The van der Waals surface area contributed by atoms with Gasteiger partial charge in [-0.3, -0.25) is 0 Å². The third-order valence-electron chi connectivity index (χ3n) is 5.26. The Morgan fingerprint density at radius 3 is 2.52 bits per heavy atom. The van der Waals surface area contributed by atoms with Crippen LogP contribution in [0.1, 0.15) is 59.3 Å². The maximum atomic E-state index is 12.0. The molecule has 0 bridgehead atoms. The summed E-state index contributed by atoms with van der Waals surface area (Å²) in [5.41, 5.74) is 1.73. The second kappa shape index (κ2) is 6.82. The number of carbonyl (C=O) groups excluding carboxylic acids is 1. The molecule has 128 valence electrons. The molecule has 1 aliphatic heterocycles. The monoisotopic (exact) mass is 402 g/mol. The molecular formula is C17H23BrO4S. The van der Waals surface area contributed by atoms with Gasteiger partial charge in [-0.05, 0) is 53.1 Å². The zero-order valence-electron chi connectivity index (χ0n) is 13.8. The molecule has 1 unspecified atom stereocenters. The zero-order valence-corrected chi connectivity index (χ0v) is 16.2. The highest BCUT2D eigenvalue weighted by Gasteiger charge is 2.42. The van der Waals surface area contributed by atoms with E-state index in [4.69, 9.17) is 14.2 Å². The van der Waals surface area contributed by atoms with E-state index in [1.165, 1.54) is 12.0 Å². The molecule has 1 saturated heterocycles. The van der Waals surface area contributed by atoms with E-state index in [0.717, 1.165) is 48.2 Å². The van der Waals surface area contributed by atoms with Gasteiger partial charge in [-0.25, -0.2) is 4.79 Å². The van der Waals surface area contributed by atoms with Crippen LogP contribution in [0.15, 0.2) is 3.79 Å². The molecule has 0 radical (unpaired) electrons. The fourth-order valence-electron chi connectivity index (χ4n) is 3.84. The van der Waals surface area contributed by atoms with Crippen molar-refractivity contribution in [3.8, 4) is 0 Å². The second-order valence-electron chi connectivity index (χ2n) is 6.47. The minimum absolute atomic E-state index is 0.264.